The predicted molar refractivity (Wildman–Crippen MR) is 78.9 cm³/mol. The quantitative estimate of drug-likeness (QED) is 0.662. The second kappa shape index (κ2) is 6.57. The van der Waals surface area contributed by atoms with E-state index >= 15 is 0 Å². The van der Waals surface area contributed by atoms with Crippen molar-refractivity contribution >= 4 is 17.3 Å². The largest absolute Gasteiger partial charge is 0.457 e. The van der Waals surface area contributed by atoms with E-state index < -0.39 is 22.6 Å². The molecule has 0 unspecified atom stereocenters. The van der Waals surface area contributed by atoms with E-state index in [4.69, 9.17) is 4.74 Å². The molecule has 2 aromatic rings. The Morgan fingerprint density at radius 2 is 1.71 bits per heavy atom. The highest BCUT2D eigenvalue weighted by molar-refractivity contribution is 5.91. The molecule has 0 aliphatic rings. The Bertz CT molecular complexity index is 773. The van der Waals surface area contributed by atoms with Crippen LogP contribution in [0.15, 0.2) is 42.5 Å². The molecule has 0 atom stereocenters. The number of carbonyl (C=O) groups excluding carboxylic acids is 1. The molecule has 0 heterocycles. The van der Waals surface area contributed by atoms with Gasteiger partial charge in [0.05, 0.1) is 10.5 Å². The van der Waals surface area contributed by atoms with Crippen molar-refractivity contribution in [3.05, 3.63) is 58.1 Å². The molecule has 0 radical (unpaired) electrons. The first-order chi connectivity index (χ1) is 11.2. The molecule has 126 valence electrons. The van der Waals surface area contributed by atoms with Crippen molar-refractivity contribution in [1.82, 2.24) is 0 Å². The summed E-state index contributed by atoms with van der Waals surface area (Å²) in [6.07, 6.45) is -4.45. The molecule has 6 nitrogen and oxygen atoms in total. The normalized spacial score (nSPS) is 11.0. The van der Waals surface area contributed by atoms with Gasteiger partial charge in [0.2, 0.25) is 5.91 Å². The number of benzene rings is 2. The lowest BCUT2D eigenvalue weighted by Gasteiger charge is -2.10. The molecule has 24 heavy (non-hydrogen) atoms. The van der Waals surface area contributed by atoms with Crippen LogP contribution in [0.3, 0.4) is 0 Å². The molecule has 2 aromatic carbocycles. The van der Waals surface area contributed by atoms with Gasteiger partial charge < -0.3 is 10.1 Å². The minimum atomic E-state index is -4.45. The van der Waals surface area contributed by atoms with E-state index in [9.17, 15) is 28.1 Å². The first-order valence-corrected chi connectivity index (χ1v) is 6.58. The number of rotatable bonds is 4. The van der Waals surface area contributed by atoms with Gasteiger partial charge >= 0.3 is 6.18 Å². The number of halogens is 3. The van der Waals surface area contributed by atoms with E-state index in [2.05, 4.69) is 5.32 Å². The van der Waals surface area contributed by atoms with Crippen molar-refractivity contribution in [1.29, 1.82) is 0 Å². The highest BCUT2D eigenvalue weighted by Gasteiger charge is 2.30. The lowest BCUT2D eigenvalue weighted by atomic mass is 10.2. The van der Waals surface area contributed by atoms with Crippen molar-refractivity contribution in [2.24, 2.45) is 0 Å². The highest BCUT2D eigenvalue weighted by atomic mass is 19.4. The van der Waals surface area contributed by atoms with Crippen LogP contribution in [-0.4, -0.2) is 10.8 Å². The van der Waals surface area contributed by atoms with Crippen LogP contribution in [0.1, 0.15) is 12.5 Å². The summed E-state index contributed by atoms with van der Waals surface area (Å²) in [5.41, 5.74) is -1.22. The molecule has 1 N–H and O–H groups in total. The summed E-state index contributed by atoms with van der Waals surface area (Å²) in [5, 5.41) is 13.2. The van der Waals surface area contributed by atoms with Crippen molar-refractivity contribution < 1.29 is 27.6 Å². The third-order valence-electron chi connectivity index (χ3n) is 2.89. The van der Waals surface area contributed by atoms with Gasteiger partial charge in [-0.25, -0.2) is 0 Å². The molecular formula is C15H11F3N2O4. The number of amides is 1. The Kier molecular flexibility index (Phi) is 4.72. The average molecular weight is 340 g/mol. The maximum atomic E-state index is 12.5. The molecular weight excluding hydrogens is 329 g/mol. The zero-order valence-corrected chi connectivity index (χ0v) is 12.3. The van der Waals surface area contributed by atoms with Gasteiger partial charge in [0.15, 0.2) is 0 Å². The highest BCUT2D eigenvalue weighted by Crippen LogP contribution is 2.33. The predicted octanol–water partition coefficient (Wildman–Crippen LogP) is 4.36. The molecule has 0 fully saturated rings. The lowest BCUT2D eigenvalue weighted by molar-refractivity contribution is -0.383. The molecule has 0 bridgehead atoms. The van der Waals surface area contributed by atoms with Crippen molar-refractivity contribution in [3.63, 3.8) is 0 Å². The number of nitrogens with one attached hydrogen (secondary N) is 1. The first-order valence-electron chi connectivity index (χ1n) is 6.58. The minimum absolute atomic E-state index is 0.0723. The van der Waals surface area contributed by atoms with E-state index in [1.807, 2.05) is 0 Å². The summed E-state index contributed by atoms with van der Waals surface area (Å²) in [6, 6.07) is 7.60. The molecule has 0 saturated carbocycles. The fraction of sp³-hybridized carbons (Fsp3) is 0.133. The maximum Gasteiger partial charge on any atom is 0.416 e. The Labute approximate surface area is 134 Å². The summed E-state index contributed by atoms with van der Waals surface area (Å²) in [5.74, 6) is -0.264. The Hall–Kier alpha value is -3.10. The Morgan fingerprint density at radius 1 is 1.12 bits per heavy atom. The van der Waals surface area contributed by atoms with E-state index in [0.717, 1.165) is 30.3 Å². The molecule has 0 aliphatic carbocycles. The summed E-state index contributed by atoms with van der Waals surface area (Å²) in [6.45, 7) is 1.19. The van der Waals surface area contributed by atoms with Gasteiger partial charge in [-0.1, -0.05) is 0 Å². The molecule has 9 heteroatoms. The fourth-order valence-electron chi connectivity index (χ4n) is 1.88. The third-order valence-corrected chi connectivity index (χ3v) is 2.89. The van der Waals surface area contributed by atoms with Crippen molar-refractivity contribution in [2.75, 3.05) is 5.32 Å². The smallest absolute Gasteiger partial charge is 0.416 e. The first kappa shape index (κ1) is 17.3. The van der Waals surface area contributed by atoms with E-state index in [-0.39, 0.29) is 22.9 Å². The second-order valence-electron chi connectivity index (χ2n) is 4.74. The molecule has 2 rings (SSSR count). The van der Waals surface area contributed by atoms with E-state index in [0.29, 0.717) is 0 Å². The monoisotopic (exact) mass is 340 g/mol. The van der Waals surface area contributed by atoms with E-state index in [1.54, 1.807) is 0 Å². The summed E-state index contributed by atoms with van der Waals surface area (Å²) in [4.78, 5) is 21.3. The van der Waals surface area contributed by atoms with Crippen LogP contribution in [0.5, 0.6) is 11.5 Å². The van der Waals surface area contributed by atoms with Gasteiger partial charge in [0.1, 0.15) is 17.2 Å². The number of ether oxygens (including phenoxy) is 1. The van der Waals surface area contributed by atoms with Crippen LogP contribution < -0.4 is 10.1 Å². The van der Waals surface area contributed by atoms with Crippen LogP contribution in [0.4, 0.5) is 24.5 Å². The van der Waals surface area contributed by atoms with Crippen LogP contribution in [0, 0.1) is 10.1 Å². The molecule has 0 aliphatic heterocycles. The number of nitro groups is 1. The molecule has 1 amide bonds. The van der Waals surface area contributed by atoms with Crippen molar-refractivity contribution in [2.45, 2.75) is 13.1 Å². The third kappa shape index (κ3) is 4.22. The number of hydrogen-bond donors (Lipinski definition) is 1. The van der Waals surface area contributed by atoms with Crippen LogP contribution in [0.25, 0.3) is 0 Å². The number of alkyl halides is 3. The van der Waals surface area contributed by atoms with Crippen LogP contribution in [-0.2, 0) is 11.0 Å². The number of hydrogen-bond acceptors (Lipinski definition) is 4. The Balaban J connectivity index is 2.26. The van der Waals surface area contributed by atoms with Gasteiger partial charge in [-0.2, -0.15) is 13.2 Å². The number of carbonyl (C=O) groups is 1. The van der Waals surface area contributed by atoms with Gasteiger partial charge in [0.25, 0.3) is 5.69 Å². The zero-order valence-electron chi connectivity index (χ0n) is 12.3. The van der Waals surface area contributed by atoms with Gasteiger partial charge in [0, 0.05) is 19.1 Å². The Morgan fingerprint density at radius 3 is 2.21 bits per heavy atom. The maximum absolute atomic E-state index is 12.5. The van der Waals surface area contributed by atoms with Gasteiger partial charge in [-0.3, -0.25) is 14.9 Å². The molecule has 0 spiro atoms. The van der Waals surface area contributed by atoms with Crippen LogP contribution in [0.2, 0.25) is 0 Å². The fourth-order valence-corrected chi connectivity index (χ4v) is 1.88. The van der Waals surface area contributed by atoms with Crippen LogP contribution >= 0.6 is 0 Å². The van der Waals surface area contributed by atoms with Gasteiger partial charge in [-0.05, 0) is 30.3 Å². The zero-order chi connectivity index (χ0) is 17.9. The summed E-state index contributed by atoms with van der Waals surface area (Å²) in [7, 11) is 0. The summed E-state index contributed by atoms with van der Waals surface area (Å²) < 4.78 is 42.9. The molecule has 0 saturated heterocycles. The number of nitro benzene ring substituents is 1. The van der Waals surface area contributed by atoms with Gasteiger partial charge in [-0.15, -0.1) is 0 Å². The SMILES string of the molecule is CC(=O)Nc1cc(Oc2ccc(C(F)(F)F)cc2)ccc1[N+](=O)[O-]. The standard InChI is InChI=1S/C15H11F3N2O4/c1-9(21)19-13-8-12(6-7-14(13)20(22)23)24-11-4-2-10(3-5-11)15(16,17)18/h2-8H,1H3,(H,19,21). The second-order valence-corrected chi connectivity index (χ2v) is 4.74. The minimum Gasteiger partial charge on any atom is -0.457 e. The van der Waals surface area contributed by atoms with E-state index in [1.165, 1.54) is 19.1 Å². The van der Waals surface area contributed by atoms with Crippen molar-refractivity contribution in [3.8, 4) is 11.5 Å². The average Bonchev–Trinajstić information content (AvgIpc) is 2.46. The topological polar surface area (TPSA) is 81.5 Å². The molecule has 0 aromatic heterocycles. The number of anilines is 1. The lowest BCUT2D eigenvalue weighted by Crippen LogP contribution is -2.08. The summed E-state index contributed by atoms with van der Waals surface area (Å²) >= 11 is 0. The number of nitrogens with zero attached hydrogens (tertiary/aromatic N) is 1.